The number of carbonyl (C=O) groups excluding carboxylic acids is 1. The van der Waals surface area contributed by atoms with E-state index in [1.54, 1.807) is 12.3 Å². The predicted molar refractivity (Wildman–Crippen MR) is 81.0 cm³/mol. The summed E-state index contributed by atoms with van der Waals surface area (Å²) in [7, 11) is 0. The first-order chi connectivity index (χ1) is 9.59. The highest BCUT2D eigenvalue weighted by molar-refractivity contribution is 6.33. The van der Waals surface area contributed by atoms with E-state index in [4.69, 9.17) is 11.6 Å². The van der Waals surface area contributed by atoms with E-state index in [2.05, 4.69) is 29.0 Å². The Kier molecular flexibility index (Phi) is 5.38. The van der Waals surface area contributed by atoms with Gasteiger partial charge in [0.25, 0.3) is 5.91 Å². The standard InChI is InChI=1S/C15H22ClN3O/c1-11(2)14(19-7-3-4-8-19)10-18-15(20)12-9-17-6-5-13(12)16/h5-6,9,11,14H,3-4,7-8,10H2,1-2H3,(H,18,20). The maximum absolute atomic E-state index is 12.2. The molecule has 5 heteroatoms. The van der Waals surface area contributed by atoms with Crippen molar-refractivity contribution in [3.8, 4) is 0 Å². The first-order valence-electron chi connectivity index (χ1n) is 7.21. The van der Waals surface area contributed by atoms with Crippen molar-refractivity contribution >= 4 is 17.5 Å². The molecule has 1 atom stereocenters. The summed E-state index contributed by atoms with van der Waals surface area (Å²) >= 11 is 6.01. The summed E-state index contributed by atoms with van der Waals surface area (Å²) in [6.45, 7) is 7.32. The number of carbonyl (C=O) groups is 1. The monoisotopic (exact) mass is 295 g/mol. The van der Waals surface area contributed by atoms with Crippen LogP contribution in [-0.4, -0.2) is 41.5 Å². The minimum absolute atomic E-state index is 0.145. The number of aromatic nitrogens is 1. The van der Waals surface area contributed by atoms with Gasteiger partial charge in [0.15, 0.2) is 0 Å². The van der Waals surface area contributed by atoms with Gasteiger partial charge in [0.1, 0.15) is 0 Å². The van der Waals surface area contributed by atoms with Gasteiger partial charge in [-0.1, -0.05) is 25.4 Å². The number of amides is 1. The van der Waals surface area contributed by atoms with Crippen molar-refractivity contribution < 1.29 is 4.79 Å². The SMILES string of the molecule is CC(C)C(CNC(=O)c1cnccc1Cl)N1CCCC1. The zero-order chi connectivity index (χ0) is 14.5. The highest BCUT2D eigenvalue weighted by atomic mass is 35.5. The Morgan fingerprint density at radius 2 is 2.15 bits per heavy atom. The van der Waals surface area contributed by atoms with Gasteiger partial charge in [0.2, 0.25) is 0 Å². The van der Waals surface area contributed by atoms with Crippen LogP contribution in [-0.2, 0) is 0 Å². The second-order valence-electron chi connectivity index (χ2n) is 5.62. The summed E-state index contributed by atoms with van der Waals surface area (Å²) in [5.74, 6) is 0.366. The van der Waals surface area contributed by atoms with E-state index in [0.29, 0.717) is 29.1 Å². The van der Waals surface area contributed by atoms with Crippen molar-refractivity contribution in [3.63, 3.8) is 0 Å². The number of halogens is 1. The number of likely N-dealkylation sites (tertiary alicyclic amines) is 1. The van der Waals surface area contributed by atoms with E-state index in [1.165, 1.54) is 19.0 Å². The number of rotatable bonds is 5. The summed E-state index contributed by atoms with van der Waals surface area (Å²) in [6, 6.07) is 2.02. The van der Waals surface area contributed by atoms with Crippen molar-refractivity contribution in [3.05, 3.63) is 29.0 Å². The molecule has 1 aliphatic heterocycles. The van der Waals surface area contributed by atoms with Crippen molar-refractivity contribution in [1.29, 1.82) is 0 Å². The Labute approximate surface area is 125 Å². The molecule has 0 aromatic carbocycles. The Hall–Kier alpha value is -1.13. The average Bonchev–Trinajstić information content (AvgIpc) is 2.92. The Morgan fingerprint density at radius 3 is 2.75 bits per heavy atom. The van der Waals surface area contributed by atoms with Gasteiger partial charge in [-0.05, 0) is 37.9 Å². The molecular weight excluding hydrogens is 274 g/mol. The van der Waals surface area contributed by atoms with E-state index in [-0.39, 0.29) is 5.91 Å². The maximum atomic E-state index is 12.2. The molecule has 1 amide bonds. The molecule has 20 heavy (non-hydrogen) atoms. The molecule has 1 saturated heterocycles. The number of hydrogen-bond acceptors (Lipinski definition) is 3. The van der Waals surface area contributed by atoms with Gasteiger partial charge in [0.05, 0.1) is 10.6 Å². The van der Waals surface area contributed by atoms with Crippen molar-refractivity contribution in [2.75, 3.05) is 19.6 Å². The molecule has 0 radical (unpaired) electrons. The Bertz CT molecular complexity index is 458. The highest BCUT2D eigenvalue weighted by Crippen LogP contribution is 2.18. The predicted octanol–water partition coefficient (Wildman–Crippen LogP) is 2.59. The third-order valence-corrected chi connectivity index (χ3v) is 4.19. The Morgan fingerprint density at radius 1 is 1.45 bits per heavy atom. The molecule has 2 heterocycles. The zero-order valence-corrected chi connectivity index (χ0v) is 12.9. The smallest absolute Gasteiger partial charge is 0.254 e. The lowest BCUT2D eigenvalue weighted by atomic mass is 10.0. The molecule has 1 N–H and O–H groups in total. The molecule has 0 saturated carbocycles. The van der Waals surface area contributed by atoms with E-state index >= 15 is 0 Å². The topological polar surface area (TPSA) is 45.2 Å². The van der Waals surface area contributed by atoms with Crippen molar-refractivity contribution in [1.82, 2.24) is 15.2 Å². The number of pyridine rings is 1. The van der Waals surface area contributed by atoms with Gasteiger partial charge in [-0.3, -0.25) is 14.7 Å². The molecule has 1 unspecified atom stereocenters. The van der Waals surface area contributed by atoms with E-state index in [1.807, 2.05) is 0 Å². The van der Waals surface area contributed by atoms with Crippen LogP contribution in [0.15, 0.2) is 18.5 Å². The second kappa shape index (κ2) is 7.04. The van der Waals surface area contributed by atoms with Gasteiger partial charge in [-0.2, -0.15) is 0 Å². The second-order valence-corrected chi connectivity index (χ2v) is 6.03. The van der Waals surface area contributed by atoms with E-state index in [9.17, 15) is 4.79 Å². The molecule has 1 aliphatic rings. The van der Waals surface area contributed by atoms with E-state index in [0.717, 1.165) is 13.1 Å². The third kappa shape index (κ3) is 3.70. The summed E-state index contributed by atoms with van der Waals surface area (Å²) in [4.78, 5) is 18.6. The van der Waals surface area contributed by atoms with Gasteiger partial charge in [-0.25, -0.2) is 0 Å². The van der Waals surface area contributed by atoms with Gasteiger partial charge in [0, 0.05) is 25.0 Å². The van der Waals surface area contributed by atoms with Crippen LogP contribution < -0.4 is 5.32 Å². The first-order valence-corrected chi connectivity index (χ1v) is 7.59. The molecule has 1 aromatic heterocycles. The highest BCUT2D eigenvalue weighted by Gasteiger charge is 2.25. The van der Waals surface area contributed by atoms with Crippen LogP contribution in [0.5, 0.6) is 0 Å². The molecule has 0 bridgehead atoms. The quantitative estimate of drug-likeness (QED) is 0.908. The normalized spacial score (nSPS) is 17.4. The van der Waals surface area contributed by atoms with Crippen LogP contribution in [0.4, 0.5) is 0 Å². The van der Waals surface area contributed by atoms with Crippen molar-refractivity contribution in [2.45, 2.75) is 32.7 Å². The molecule has 2 rings (SSSR count). The number of hydrogen-bond donors (Lipinski definition) is 1. The van der Waals surface area contributed by atoms with Crippen LogP contribution in [0.2, 0.25) is 5.02 Å². The first kappa shape index (κ1) is 15.3. The summed E-state index contributed by atoms with van der Waals surface area (Å²) in [5.41, 5.74) is 0.443. The van der Waals surface area contributed by atoms with Crippen molar-refractivity contribution in [2.24, 2.45) is 5.92 Å². The van der Waals surface area contributed by atoms with Crippen LogP contribution in [0.1, 0.15) is 37.0 Å². The van der Waals surface area contributed by atoms with Crippen LogP contribution in [0.25, 0.3) is 0 Å². The molecule has 1 fully saturated rings. The molecule has 1 aromatic rings. The molecule has 4 nitrogen and oxygen atoms in total. The minimum atomic E-state index is -0.145. The summed E-state index contributed by atoms with van der Waals surface area (Å²) < 4.78 is 0. The Balaban J connectivity index is 1.95. The fourth-order valence-corrected chi connectivity index (χ4v) is 2.89. The fraction of sp³-hybridized carbons (Fsp3) is 0.600. The zero-order valence-electron chi connectivity index (χ0n) is 12.1. The lowest BCUT2D eigenvalue weighted by Gasteiger charge is -2.31. The number of nitrogens with one attached hydrogen (secondary N) is 1. The third-order valence-electron chi connectivity index (χ3n) is 3.86. The van der Waals surface area contributed by atoms with Gasteiger partial charge < -0.3 is 5.32 Å². The summed E-state index contributed by atoms with van der Waals surface area (Å²) in [5, 5.41) is 3.44. The van der Waals surface area contributed by atoms with Gasteiger partial charge >= 0.3 is 0 Å². The molecule has 110 valence electrons. The lowest BCUT2D eigenvalue weighted by Crippen LogP contribution is -2.45. The maximum Gasteiger partial charge on any atom is 0.254 e. The fourth-order valence-electron chi connectivity index (χ4n) is 2.70. The van der Waals surface area contributed by atoms with Gasteiger partial charge in [-0.15, -0.1) is 0 Å². The molecule has 0 spiro atoms. The average molecular weight is 296 g/mol. The largest absolute Gasteiger partial charge is 0.350 e. The van der Waals surface area contributed by atoms with Crippen LogP contribution >= 0.6 is 11.6 Å². The molecule has 0 aliphatic carbocycles. The minimum Gasteiger partial charge on any atom is -0.350 e. The van der Waals surface area contributed by atoms with E-state index < -0.39 is 0 Å². The number of nitrogens with zero attached hydrogens (tertiary/aromatic N) is 2. The van der Waals surface area contributed by atoms with Crippen LogP contribution in [0.3, 0.4) is 0 Å². The molecular formula is C15H22ClN3O. The van der Waals surface area contributed by atoms with Crippen LogP contribution in [0, 0.1) is 5.92 Å². The summed E-state index contributed by atoms with van der Waals surface area (Å²) in [6.07, 6.45) is 5.61. The lowest BCUT2D eigenvalue weighted by molar-refractivity contribution is 0.0927.